The normalized spacial score (nSPS) is 10.3. The topological polar surface area (TPSA) is 116 Å². The van der Waals surface area contributed by atoms with Crippen LogP contribution in [0.5, 0.6) is 0 Å². The number of H-pyrrole nitrogens is 1. The molecule has 0 amide bonds. The highest BCUT2D eigenvalue weighted by atomic mass is 16.8. The average molecular weight is 172 g/mol. The first-order valence-corrected chi connectivity index (χ1v) is 2.81. The molecule has 0 aliphatic heterocycles. The zero-order valence-corrected chi connectivity index (χ0v) is 5.50. The van der Waals surface area contributed by atoms with Gasteiger partial charge in [-0.3, -0.25) is 9.84 Å². The lowest BCUT2D eigenvalue weighted by atomic mass is 10.8. The molecular formula is C3H2N5O4+. The van der Waals surface area contributed by atoms with E-state index in [9.17, 15) is 10.0 Å². The first kappa shape index (κ1) is 6.52. The second-order valence-electron chi connectivity index (χ2n) is 1.82. The van der Waals surface area contributed by atoms with Crippen molar-refractivity contribution in [2.75, 3.05) is 0 Å². The number of hydrogen-bond acceptors (Lipinski definition) is 6. The Bertz CT molecular complexity index is 439. The molecule has 0 spiro atoms. The molecule has 0 radical (unpaired) electrons. The highest BCUT2D eigenvalue weighted by molar-refractivity contribution is 4.86. The van der Waals surface area contributed by atoms with Crippen LogP contribution in [0.2, 0.25) is 0 Å². The molecule has 0 unspecified atom stereocenters. The lowest BCUT2D eigenvalue weighted by Crippen LogP contribution is -2.47. The van der Waals surface area contributed by atoms with Crippen molar-refractivity contribution in [3.63, 3.8) is 0 Å². The summed E-state index contributed by atoms with van der Waals surface area (Å²) < 4.78 is 8.24. The average Bonchev–Trinajstić information content (AvgIpc) is 2.58. The van der Waals surface area contributed by atoms with E-state index in [-0.39, 0.29) is 10.7 Å². The van der Waals surface area contributed by atoms with Crippen LogP contribution in [0.15, 0.2) is 20.1 Å². The van der Waals surface area contributed by atoms with E-state index in [1.54, 1.807) is 0 Å². The van der Waals surface area contributed by atoms with E-state index in [1.165, 1.54) is 0 Å². The van der Waals surface area contributed by atoms with Gasteiger partial charge < -0.3 is 0 Å². The quantitative estimate of drug-likeness (QED) is 0.368. The van der Waals surface area contributed by atoms with Gasteiger partial charge in [0, 0.05) is 0 Å². The summed E-state index contributed by atoms with van der Waals surface area (Å²) in [7, 11) is 0. The fourth-order valence-corrected chi connectivity index (χ4v) is 0.639. The zero-order valence-electron chi connectivity index (χ0n) is 5.50. The smallest absolute Gasteiger partial charge is 0.266 e. The van der Waals surface area contributed by atoms with Crippen molar-refractivity contribution in [2.45, 2.75) is 0 Å². The maximum absolute atomic E-state index is 10.7. The van der Waals surface area contributed by atoms with Crippen molar-refractivity contribution in [2.24, 2.45) is 0 Å². The molecule has 0 aromatic carbocycles. The molecule has 2 rings (SSSR count). The summed E-state index contributed by atoms with van der Waals surface area (Å²) in [5.74, 6) is -0.878. The van der Waals surface area contributed by atoms with Gasteiger partial charge >= 0.3 is 11.6 Å². The third kappa shape index (κ3) is 0.836. The Morgan fingerprint density at radius 2 is 2.50 bits per heavy atom. The molecule has 9 heteroatoms. The maximum atomic E-state index is 10.7. The monoisotopic (exact) mass is 172 g/mol. The van der Waals surface area contributed by atoms with Crippen LogP contribution in [0.1, 0.15) is 0 Å². The Kier molecular flexibility index (Phi) is 1.17. The molecule has 0 saturated carbocycles. The molecule has 0 saturated heterocycles. The van der Waals surface area contributed by atoms with E-state index in [0.29, 0.717) is 0 Å². The lowest BCUT2D eigenvalue weighted by Gasteiger charge is -1.72. The van der Waals surface area contributed by atoms with Crippen LogP contribution in [0.4, 0.5) is 0 Å². The molecule has 0 aliphatic rings. The number of aromatic amines is 1. The van der Waals surface area contributed by atoms with Crippen LogP contribution >= 0.6 is 0 Å². The van der Waals surface area contributed by atoms with Gasteiger partial charge in [0.25, 0.3) is 0 Å². The Morgan fingerprint density at radius 1 is 1.67 bits per heavy atom. The second-order valence-corrected chi connectivity index (χ2v) is 1.82. The first-order chi connectivity index (χ1) is 5.77. The lowest BCUT2D eigenvalue weighted by molar-refractivity contribution is -0.891. The standard InChI is InChI=1S/C3HN5O4/c9-3-5-7(6-11-3)2-1-4-12-8(2)10/h1H/p+1. The molecule has 62 valence electrons. The summed E-state index contributed by atoms with van der Waals surface area (Å²) >= 11 is 0. The van der Waals surface area contributed by atoms with Crippen LogP contribution in [0.25, 0.3) is 5.82 Å². The molecule has 12 heavy (non-hydrogen) atoms. The predicted octanol–water partition coefficient (Wildman–Crippen LogP) is -2.74. The van der Waals surface area contributed by atoms with Crippen molar-refractivity contribution < 1.29 is 18.9 Å². The Balaban J connectivity index is 2.57. The Morgan fingerprint density at radius 3 is 3.00 bits per heavy atom. The van der Waals surface area contributed by atoms with E-state index in [1.807, 2.05) is 0 Å². The van der Waals surface area contributed by atoms with Crippen LogP contribution in [0.3, 0.4) is 0 Å². The van der Waals surface area contributed by atoms with Crippen LogP contribution < -0.4 is 15.5 Å². The van der Waals surface area contributed by atoms with Crippen LogP contribution in [-0.4, -0.2) is 15.5 Å². The molecule has 0 aliphatic carbocycles. The molecule has 0 fully saturated rings. The molecule has 1 N–H and O–H groups in total. The van der Waals surface area contributed by atoms with Gasteiger partial charge in [0.05, 0.1) is 0 Å². The van der Waals surface area contributed by atoms with Gasteiger partial charge in [-0.2, -0.15) is 0 Å². The fraction of sp³-hybridized carbons (Fsp3) is 0. The van der Waals surface area contributed by atoms with E-state index >= 15 is 0 Å². The highest BCUT2D eigenvalue weighted by Crippen LogP contribution is 1.80. The van der Waals surface area contributed by atoms with E-state index in [0.717, 1.165) is 11.0 Å². The summed E-state index contributed by atoms with van der Waals surface area (Å²) in [6.07, 6.45) is 1.07. The van der Waals surface area contributed by atoms with Gasteiger partial charge in [-0.15, -0.1) is 5.16 Å². The third-order valence-electron chi connectivity index (χ3n) is 1.10. The van der Waals surface area contributed by atoms with Gasteiger partial charge in [0.15, 0.2) is 4.80 Å². The van der Waals surface area contributed by atoms with Crippen LogP contribution in [-0.2, 0) is 0 Å². The van der Waals surface area contributed by atoms with Gasteiger partial charge in [0.2, 0.25) is 11.5 Å². The molecule has 9 nitrogen and oxygen atoms in total. The number of nitrogens with zero attached hydrogens (tertiary/aromatic N) is 4. The fourth-order valence-electron chi connectivity index (χ4n) is 0.639. The number of nitrogens with one attached hydrogen (secondary N) is 1. The van der Waals surface area contributed by atoms with Crippen molar-refractivity contribution in [1.82, 2.24) is 15.5 Å². The van der Waals surface area contributed by atoms with Gasteiger partial charge in [-0.25, -0.2) is 9.32 Å². The highest BCUT2D eigenvalue weighted by Gasteiger charge is 2.27. The minimum Gasteiger partial charge on any atom is -0.266 e. The summed E-state index contributed by atoms with van der Waals surface area (Å²) in [5.41, 5.74) is 0. The summed E-state index contributed by atoms with van der Waals surface area (Å²) in [6, 6.07) is 0. The summed E-state index contributed by atoms with van der Waals surface area (Å²) in [6.45, 7) is 0. The van der Waals surface area contributed by atoms with Crippen LogP contribution in [0, 0.1) is 5.21 Å². The minimum absolute atomic E-state index is 0.0679. The maximum Gasteiger partial charge on any atom is 0.578 e. The summed E-state index contributed by atoms with van der Waals surface area (Å²) in [4.78, 5) is 11.3. The van der Waals surface area contributed by atoms with Crippen molar-refractivity contribution in [1.29, 1.82) is 0 Å². The van der Waals surface area contributed by atoms with E-state index < -0.39 is 5.76 Å². The summed E-state index contributed by atoms with van der Waals surface area (Å²) in [5, 5.41) is 19.1. The second kappa shape index (κ2) is 2.15. The molecule has 0 bridgehead atoms. The zero-order chi connectivity index (χ0) is 8.55. The first-order valence-electron chi connectivity index (χ1n) is 2.81. The van der Waals surface area contributed by atoms with E-state index in [2.05, 4.69) is 24.7 Å². The molecule has 2 aromatic rings. The molecular weight excluding hydrogens is 170 g/mol. The van der Waals surface area contributed by atoms with Gasteiger partial charge in [-0.05, 0) is 0 Å². The Hall–Kier alpha value is -2.19. The largest absolute Gasteiger partial charge is 0.578 e. The Labute approximate surface area is 63.3 Å². The third-order valence-corrected chi connectivity index (χ3v) is 1.10. The minimum atomic E-state index is -0.781. The van der Waals surface area contributed by atoms with Crippen molar-refractivity contribution in [3.8, 4) is 5.82 Å². The van der Waals surface area contributed by atoms with E-state index in [4.69, 9.17) is 0 Å². The molecule has 0 atom stereocenters. The molecule has 2 heterocycles. The molecule has 2 aromatic heterocycles. The number of rotatable bonds is 1. The van der Waals surface area contributed by atoms with Crippen molar-refractivity contribution >= 4 is 0 Å². The van der Waals surface area contributed by atoms with Crippen molar-refractivity contribution in [3.05, 3.63) is 22.0 Å². The number of hydrogen-bond donors (Lipinski definition) is 1. The number of aromatic nitrogens is 5. The van der Waals surface area contributed by atoms with Gasteiger partial charge in [0.1, 0.15) is 4.90 Å². The predicted molar refractivity (Wildman–Crippen MR) is 27.7 cm³/mol. The SMILES string of the molecule is O=c1[nH][n+](-c2cno[n+]2[O-])no1. The van der Waals surface area contributed by atoms with Gasteiger partial charge in [-0.1, -0.05) is 5.10 Å².